The molecular formula is C9H25N. The van der Waals surface area contributed by atoms with Crippen LogP contribution in [-0.4, -0.2) is 14.1 Å². The molecule has 0 saturated heterocycles. The quantitative estimate of drug-likeness (QED) is 0.633. The summed E-state index contributed by atoms with van der Waals surface area (Å²) in [6, 6.07) is 0. The lowest BCUT2D eigenvalue weighted by atomic mass is 10.3. The highest BCUT2D eigenvalue weighted by Gasteiger charge is 1.68. The highest BCUT2D eigenvalue weighted by Crippen LogP contribution is 1.88. The van der Waals surface area contributed by atoms with Gasteiger partial charge in [-0.15, -0.1) is 0 Å². The van der Waals surface area contributed by atoms with E-state index in [0.29, 0.717) is 0 Å². The molecule has 0 fully saturated rings. The van der Waals surface area contributed by atoms with Gasteiger partial charge in [-0.1, -0.05) is 47.0 Å². The molecule has 0 saturated carbocycles. The third-order valence-electron chi connectivity index (χ3n) is 0.707. The van der Waals surface area contributed by atoms with Gasteiger partial charge in [0.25, 0.3) is 0 Å². The molecule has 0 aliphatic carbocycles. The molecule has 0 heterocycles. The van der Waals surface area contributed by atoms with Gasteiger partial charge in [0.1, 0.15) is 0 Å². The molecule has 1 N–H and O–H groups in total. The van der Waals surface area contributed by atoms with Gasteiger partial charge in [-0.25, -0.2) is 0 Å². The summed E-state index contributed by atoms with van der Waals surface area (Å²) in [5.41, 5.74) is 0. The van der Waals surface area contributed by atoms with Crippen molar-refractivity contribution in [1.82, 2.24) is 5.32 Å². The molecule has 0 bridgehead atoms. The van der Waals surface area contributed by atoms with E-state index in [1.807, 2.05) is 27.9 Å². The van der Waals surface area contributed by atoms with Crippen molar-refractivity contribution in [2.45, 2.75) is 47.0 Å². The van der Waals surface area contributed by atoms with Gasteiger partial charge in [0, 0.05) is 0 Å². The van der Waals surface area contributed by atoms with Crippen LogP contribution in [-0.2, 0) is 0 Å². The Morgan fingerprint density at radius 2 is 1.10 bits per heavy atom. The molecule has 1 heteroatoms. The maximum Gasteiger partial charge on any atom is -0.0167 e. The summed E-state index contributed by atoms with van der Waals surface area (Å²) in [5.74, 6) is 0. The SMILES string of the molecule is CC.CCCCC.CNC. The molecule has 0 aromatic rings. The van der Waals surface area contributed by atoms with Crippen molar-refractivity contribution < 1.29 is 0 Å². The number of unbranched alkanes of at least 4 members (excludes halogenated alkanes) is 2. The molecular weight excluding hydrogens is 122 g/mol. The van der Waals surface area contributed by atoms with Crippen LogP contribution >= 0.6 is 0 Å². The number of rotatable bonds is 2. The average molecular weight is 147 g/mol. The monoisotopic (exact) mass is 147 g/mol. The third kappa shape index (κ3) is 100. The molecule has 10 heavy (non-hydrogen) atoms. The van der Waals surface area contributed by atoms with Crippen LogP contribution in [0.4, 0.5) is 0 Å². The van der Waals surface area contributed by atoms with Crippen molar-refractivity contribution in [2.75, 3.05) is 14.1 Å². The molecule has 0 unspecified atom stereocenters. The summed E-state index contributed by atoms with van der Waals surface area (Å²) in [5, 5.41) is 2.75. The average Bonchev–Trinajstić information content (AvgIpc) is 1.96. The maximum atomic E-state index is 2.75. The first-order valence-electron chi connectivity index (χ1n) is 4.41. The molecule has 0 aliphatic heterocycles. The van der Waals surface area contributed by atoms with Crippen LogP contribution in [0.2, 0.25) is 0 Å². The zero-order chi connectivity index (χ0) is 8.83. The maximum absolute atomic E-state index is 2.75. The number of nitrogens with one attached hydrogen (secondary N) is 1. The van der Waals surface area contributed by atoms with Gasteiger partial charge < -0.3 is 5.32 Å². The van der Waals surface area contributed by atoms with E-state index >= 15 is 0 Å². The van der Waals surface area contributed by atoms with Gasteiger partial charge in [0.05, 0.1) is 0 Å². The molecule has 0 spiro atoms. The van der Waals surface area contributed by atoms with Gasteiger partial charge in [-0.3, -0.25) is 0 Å². The first-order chi connectivity index (χ1) is 4.83. The molecule has 0 aliphatic rings. The molecule has 0 radical (unpaired) electrons. The van der Waals surface area contributed by atoms with E-state index in [1.165, 1.54) is 19.3 Å². The zero-order valence-electron chi connectivity index (χ0n) is 8.62. The fraction of sp³-hybridized carbons (Fsp3) is 1.00. The third-order valence-corrected chi connectivity index (χ3v) is 0.707. The lowest BCUT2D eigenvalue weighted by molar-refractivity contribution is 0.772. The molecule has 0 aromatic carbocycles. The molecule has 66 valence electrons. The Morgan fingerprint density at radius 1 is 0.900 bits per heavy atom. The van der Waals surface area contributed by atoms with Crippen LogP contribution in [0.5, 0.6) is 0 Å². The number of hydrogen-bond donors (Lipinski definition) is 1. The predicted octanol–water partition coefficient (Wildman–Crippen LogP) is 3.06. The van der Waals surface area contributed by atoms with Crippen LogP contribution in [0.1, 0.15) is 47.0 Å². The van der Waals surface area contributed by atoms with Crippen molar-refractivity contribution in [2.24, 2.45) is 0 Å². The van der Waals surface area contributed by atoms with Crippen molar-refractivity contribution in [1.29, 1.82) is 0 Å². The Balaban J connectivity index is -0.0000000847. The minimum absolute atomic E-state index is 1.34. The van der Waals surface area contributed by atoms with Gasteiger partial charge in [0.2, 0.25) is 0 Å². The van der Waals surface area contributed by atoms with E-state index in [2.05, 4.69) is 19.2 Å². The second kappa shape index (κ2) is 36.2. The Kier molecular flexibility index (Phi) is 59.8. The van der Waals surface area contributed by atoms with E-state index in [1.54, 1.807) is 0 Å². The molecule has 0 rings (SSSR count). The standard InChI is InChI=1S/C5H12.C2H7N.C2H6/c1-3-5-4-2;1-3-2;1-2/h3-5H2,1-2H3;3H,1-2H3;1-2H3. The summed E-state index contributed by atoms with van der Waals surface area (Å²) < 4.78 is 0. The first kappa shape index (κ1) is 16.5. The van der Waals surface area contributed by atoms with Crippen LogP contribution < -0.4 is 5.32 Å². The summed E-state index contributed by atoms with van der Waals surface area (Å²) in [6.07, 6.45) is 4.08. The lowest BCUT2D eigenvalue weighted by Gasteiger charge is -1.79. The van der Waals surface area contributed by atoms with E-state index in [4.69, 9.17) is 0 Å². The van der Waals surface area contributed by atoms with Crippen molar-refractivity contribution in [3.8, 4) is 0 Å². The van der Waals surface area contributed by atoms with Crippen LogP contribution in [0.25, 0.3) is 0 Å². The molecule has 1 nitrogen and oxygen atoms in total. The Hall–Kier alpha value is -0.0400. The fourth-order valence-corrected chi connectivity index (χ4v) is 0.354. The van der Waals surface area contributed by atoms with Crippen molar-refractivity contribution in [3.05, 3.63) is 0 Å². The van der Waals surface area contributed by atoms with Gasteiger partial charge >= 0.3 is 0 Å². The lowest BCUT2D eigenvalue weighted by Crippen LogP contribution is -1.89. The normalized spacial score (nSPS) is 6.60. The van der Waals surface area contributed by atoms with E-state index in [9.17, 15) is 0 Å². The minimum Gasteiger partial charge on any atom is -0.323 e. The van der Waals surface area contributed by atoms with E-state index in [-0.39, 0.29) is 0 Å². The van der Waals surface area contributed by atoms with Crippen molar-refractivity contribution in [3.63, 3.8) is 0 Å². The Labute approximate surface area is 67.2 Å². The fourth-order valence-electron chi connectivity index (χ4n) is 0.354. The minimum atomic E-state index is 1.34. The predicted molar refractivity (Wildman–Crippen MR) is 51.5 cm³/mol. The molecule has 0 atom stereocenters. The second-order valence-corrected chi connectivity index (χ2v) is 1.85. The molecule has 0 amide bonds. The van der Waals surface area contributed by atoms with E-state index < -0.39 is 0 Å². The van der Waals surface area contributed by atoms with Gasteiger partial charge in [0.15, 0.2) is 0 Å². The summed E-state index contributed by atoms with van der Waals surface area (Å²) in [6.45, 7) is 8.42. The Morgan fingerprint density at radius 3 is 1.10 bits per heavy atom. The summed E-state index contributed by atoms with van der Waals surface area (Å²) in [4.78, 5) is 0. The smallest absolute Gasteiger partial charge is 0.0167 e. The highest BCUT2D eigenvalue weighted by molar-refractivity contribution is 4.24. The molecule has 0 aromatic heterocycles. The topological polar surface area (TPSA) is 12.0 Å². The van der Waals surface area contributed by atoms with E-state index in [0.717, 1.165) is 0 Å². The second-order valence-electron chi connectivity index (χ2n) is 1.85. The summed E-state index contributed by atoms with van der Waals surface area (Å²) >= 11 is 0. The van der Waals surface area contributed by atoms with Crippen molar-refractivity contribution >= 4 is 0 Å². The van der Waals surface area contributed by atoms with Gasteiger partial charge in [-0.2, -0.15) is 0 Å². The zero-order valence-corrected chi connectivity index (χ0v) is 8.62. The van der Waals surface area contributed by atoms with Crippen LogP contribution in [0, 0.1) is 0 Å². The van der Waals surface area contributed by atoms with Gasteiger partial charge in [-0.05, 0) is 14.1 Å². The first-order valence-corrected chi connectivity index (χ1v) is 4.41. The number of hydrogen-bond acceptors (Lipinski definition) is 1. The Bertz CT molecular complexity index is 18.7. The van der Waals surface area contributed by atoms with Crippen LogP contribution in [0.15, 0.2) is 0 Å². The highest BCUT2D eigenvalue weighted by atomic mass is 14.7. The van der Waals surface area contributed by atoms with Crippen LogP contribution in [0.3, 0.4) is 0 Å². The summed E-state index contributed by atoms with van der Waals surface area (Å²) in [7, 11) is 3.75. The largest absolute Gasteiger partial charge is 0.323 e.